The van der Waals surface area contributed by atoms with Crippen LogP contribution in [0.15, 0.2) is 59.7 Å². The highest BCUT2D eigenvalue weighted by Gasteiger charge is 2.18. The fourth-order valence-corrected chi connectivity index (χ4v) is 4.37. The number of aromatic nitrogens is 1. The summed E-state index contributed by atoms with van der Waals surface area (Å²) in [6, 6.07) is 13.0. The first-order valence-corrected chi connectivity index (χ1v) is 13.5. The first kappa shape index (κ1) is 27.7. The number of benzene rings is 1. The summed E-state index contributed by atoms with van der Waals surface area (Å²) in [6.45, 7) is 13.8. The van der Waals surface area contributed by atoms with Gasteiger partial charge >= 0.3 is 0 Å². The van der Waals surface area contributed by atoms with Crippen LogP contribution in [0.25, 0.3) is 0 Å². The van der Waals surface area contributed by atoms with Gasteiger partial charge in [0, 0.05) is 75.9 Å². The molecule has 3 N–H and O–H groups in total. The molecule has 1 aromatic carbocycles. The molecule has 1 saturated heterocycles. The second kappa shape index (κ2) is 15.3. The SMILES string of the molecule is CC/C=C\CC(CC)NC(=NC)Nc1cc(NCc2ccccc2)c(CN2CCN(CC)CC2)cn1. The van der Waals surface area contributed by atoms with Crippen LogP contribution in [0, 0.1) is 0 Å². The summed E-state index contributed by atoms with van der Waals surface area (Å²) < 4.78 is 0. The van der Waals surface area contributed by atoms with Gasteiger partial charge in [0.15, 0.2) is 5.96 Å². The lowest BCUT2D eigenvalue weighted by atomic mass is 10.1. The van der Waals surface area contributed by atoms with Crippen LogP contribution in [0.1, 0.15) is 51.2 Å². The second-order valence-corrected chi connectivity index (χ2v) is 9.34. The number of aliphatic imine (C=N–C) groups is 1. The Bertz CT molecular complexity index is 949. The van der Waals surface area contributed by atoms with Crippen LogP contribution in [0.4, 0.5) is 11.5 Å². The largest absolute Gasteiger partial charge is 0.381 e. The third kappa shape index (κ3) is 8.95. The van der Waals surface area contributed by atoms with Crippen LogP contribution in [-0.2, 0) is 13.1 Å². The van der Waals surface area contributed by atoms with E-state index in [0.29, 0.717) is 6.04 Å². The minimum atomic E-state index is 0.329. The highest BCUT2D eigenvalue weighted by molar-refractivity contribution is 5.93. The van der Waals surface area contributed by atoms with Crippen LogP contribution in [-0.4, -0.2) is 66.6 Å². The van der Waals surface area contributed by atoms with Gasteiger partial charge in [-0.2, -0.15) is 0 Å². The van der Waals surface area contributed by atoms with Crippen molar-refractivity contribution in [1.82, 2.24) is 20.1 Å². The minimum absolute atomic E-state index is 0.329. The predicted octanol–water partition coefficient (Wildman–Crippen LogP) is 4.95. The van der Waals surface area contributed by atoms with Crippen molar-refractivity contribution in [2.45, 2.75) is 59.2 Å². The summed E-state index contributed by atoms with van der Waals surface area (Å²) in [5, 5.41) is 10.6. The molecule has 2 aromatic rings. The molecule has 1 fully saturated rings. The van der Waals surface area contributed by atoms with Crippen LogP contribution in [0.3, 0.4) is 0 Å². The van der Waals surface area contributed by atoms with Gasteiger partial charge in [0.05, 0.1) is 0 Å². The lowest BCUT2D eigenvalue weighted by molar-refractivity contribution is 0.132. The molecule has 2 heterocycles. The molecule has 0 aliphatic carbocycles. The summed E-state index contributed by atoms with van der Waals surface area (Å²) >= 11 is 0. The van der Waals surface area contributed by atoms with Crippen LogP contribution in [0.2, 0.25) is 0 Å². The fourth-order valence-electron chi connectivity index (χ4n) is 4.37. The van der Waals surface area contributed by atoms with Crippen LogP contribution >= 0.6 is 0 Å². The van der Waals surface area contributed by atoms with Gasteiger partial charge in [0.2, 0.25) is 0 Å². The van der Waals surface area contributed by atoms with Gasteiger partial charge in [0.25, 0.3) is 0 Å². The van der Waals surface area contributed by atoms with E-state index in [1.807, 2.05) is 13.2 Å². The number of rotatable bonds is 12. The minimum Gasteiger partial charge on any atom is -0.381 e. The van der Waals surface area contributed by atoms with Crippen molar-refractivity contribution < 1.29 is 0 Å². The first-order valence-electron chi connectivity index (χ1n) is 13.5. The lowest BCUT2D eigenvalue weighted by Crippen LogP contribution is -2.45. The first-order chi connectivity index (χ1) is 17.6. The molecule has 3 rings (SSSR count). The van der Waals surface area contributed by atoms with E-state index >= 15 is 0 Å². The number of nitrogens with one attached hydrogen (secondary N) is 3. The van der Waals surface area contributed by atoms with E-state index in [0.717, 1.165) is 82.5 Å². The number of guanidine groups is 1. The Hall–Kier alpha value is -2.90. The highest BCUT2D eigenvalue weighted by atomic mass is 15.3. The number of nitrogens with zero attached hydrogens (tertiary/aromatic N) is 4. The molecular formula is C29H45N7. The Labute approximate surface area is 218 Å². The third-order valence-corrected chi connectivity index (χ3v) is 6.75. The Balaban J connectivity index is 1.71. The normalized spacial score (nSPS) is 16.3. The summed E-state index contributed by atoms with van der Waals surface area (Å²) in [7, 11) is 1.81. The van der Waals surface area contributed by atoms with Crippen LogP contribution < -0.4 is 16.0 Å². The van der Waals surface area contributed by atoms with Gasteiger partial charge in [-0.05, 0) is 31.4 Å². The summed E-state index contributed by atoms with van der Waals surface area (Å²) in [5.74, 6) is 1.54. The third-order valence-electron chi connectivity index (χ3n) is 6.75. The molecule has 7 nitrogen and oxygen atoms in total. The number of hydrogen-bond acceptors (Lipinski definition) is 5. The fraction of sp³-hybridized carbons (Fsp3) is 0.517. The molecule has 0 saturated carbocycles. The Morgan fingerprint density at radius 1 is 1.06 bits per heavy atom. The summed E-state index contributed by atoms with van der Waals surface area (Å²) in [5.41, 5.74) is 3.60. The molecular weight excluding hydrogens is 446 g/mol. The molecule has 1 aliphatic rings. The zero-order valence-corrected chi connectivity index (χ0v) is 22.6. The van der Waals surface area contributed by atoms with Crippen LogP contribution in [0.5, 0.6) is 0 Å². The molecule has 0 spiro atoms. The zero-order chi connectivity index (χ0) is 25.6. The maximum atomic E-state index is 4.76. The number of hydrogen-bond donors (Lipinski definition) is 3. The van der Waals surface area contributed by atoms with E-state index in [9.17, 15) is 0 Å². The van der Waals surface area contributed by atoms with Gasteiger partial charge < -0.3 is 20.9 Å². The molecule has 36 heavy (non-hydrogen) atoms. The number of likely N-dealkylation sites (N-methyl/N-ethyl adjacent to an activating group) is 1. The lowest BCUT2D eigenvalue weighted by Gasteiger charge is -2.34. The molecule has 196 valence electrons. The second-order valence-electron chi connectivity index (χ2n) is 9.34. The molecule has 0 bridgehead atoms. The highest BCUT2D eigenvalue weighted by Crippen LogP contribution is 2.22. The Morgan fingerprint density at radius 2 is 1.81 bits per heavy atom. The van der Waals surface area contributed by atoms with E-state index in [-0.39, 0.29) is 0 Å². The van der Waals surface area contributed by atoms with Crippen molar-refractivity contribution >= 4 is 17.5 Å². The topological polar surface area (TPSA) is 67.8 Å². The molecule has 7 heteroatoms. The van der Waals surface area contributed by atoms with E-state index in [1.165, 1.54) is 11.1 Å². The molecule has 1 atom stereocenters. The van der Waals surface area contributed by atoms with E-state index < -0.39 is 0 Å². The summed E-state index contributed by atoms with van der Waals surface area (Å²) in [6.07, 6.45) is 9.53. The zero-order valence-electron chi connectivity index (χ0n) is 22.6. The average Bonchev–Trinajstić information content (AvgIpc) is 2.93. The molecule has 1 aromatic heterocycles. The van der Waals surface area contributed by atoms with Crippen molar-refractivity contribution in [3.8, 4) is 0 Å². The van der Waals surface area contributed by atoms with Gasteiger partial charge in [-0.3, -0.25) is 9.89 Å². The van der Waals surface area contributed by atoms with Crippen molar-refractivity contribution in [3.63, 3.8) is 0 Å². The van der Waals surface area contributed by atoms with Crippen molar-refractivity contribution in [2.24, 2.45) is 4.99 Å². The summed E-state index contributed by atoms with van der Waals surface area (Å²) in [4.78, 5) is 14.3. The number of piperazine rings is 1. The van der Waals surface area contributed by atoms with Crippen molar-refractivity contribution in [2.75, 3.05) is 50.4 Å². The Morgan fingerprint density at radius 3 is 2.47 bits per heavy atom. The number of pyridine rings is 1. The average molecular weight is 492 g/mol. The maximum Gasteiger partial charge on any atom is 0.196 e. The molecule has 1 aliphatic heterocycles. The van der Waals surface area contributed by atoms with E-state index in [4.69, 9.17) is 4.98 Å². The quantitative estimate of drug-likeness (QED) is 0.222. The Kier molecular flexibility index (Phi) is 11.7. The monoisotopic (exact) mass is 491 g/mol. The standard InChI is InChI=1S/C29H45N7/c1-5-8-10-15-26(6-2)33-29(30-4)34-28-20-27(31-21-24-13-11-9-12-14-24)25(22-32-28)23-36-18-16-35(7-3)17-19-36/h8-14,20,22,26H,5-7,15-19,21,23H2,1-4H3,(H3,30,31,32,33,34)/b10-8-. The molecule has 1 unspecified atom stereocenters. The van der Waals surface area contributed by atoms with E-state index in [1.54, 1.807) is 0 Å². The van der Waals surface area contributed by atoms with Gasteiger partial charge in [-0.25, -0.2) is 4.98 Å². The predicted molar refractivity (Wildman–Crippen MR) is 154 cm³/mol. The number of allylic oxidation sites excluding steroid dienone is 1. The smallest absolute Gasteiger partial charge is 0.196 e. The van der Waals surface area contributed by atoms with Gasteiger partial charge in [-0.1, -0.05) is 63.3 Å². The van der Waals surface area contributed by atoms with Gasteiger partial charge in [0.1, 0.15) is 5.82 Å². The molecule has 0 amide bonds. The van der Waals surface area contributed by atoms with Gasteiger partial charge in [-0.15, -0.1) is 0 Å². The number of anilines is 2. The van der Waals surface area contributed by atoms with Crippen molar-refractivity contribution in [3.05, 3.63) is 65.9 Å². The van der Waals surface area contributed by atoms with E-state index in [2.05, 4.69) is 100 Å². The maximum absolute atomic E-state index is 4.76. The molecule has 0 radical (unpaired) electrons. The van der Waals surface area contributed by atoms with Crippen molar-refractivity contribution in [1.29, 1.82) is 0 Å².